The van der Waals surface area contributed by atoms with Gasteiger partial charge in [-0.3, -0.25) is 4.98 Å². The Morgan fingerprint density at radius 2 is 1.33 bits per heavy atom. The topological polar surface area (TPSA) is 43.9 Å². The van der Waals surface area contributed by atoms with Crippen LogP contribution in [0.4, 0.5) is 0 Å². The van der Waals surface area contributed by atoms with Crippen LogP contribution in [0, 0.1) is 12.1 Å². The standard InChI is InChI=1S/C52H47N2O.C14H16GeN.Ir/c1-30(2)38-24-33(32-16-10-9-11-17-32)25-39(31(3)4)48(38)54-45-23-13-12-22-44(45)53-50(54)37-20-14-19-36-41-26-34-27-43-47-35(40(34)28-46(41)55-49(36)37)18-15-21-42(47)51(5,6)29-52(43,7)8;1-15(2,3)13-9-10-14(16-11-13)12-7-5-4-6-8-12;/h9-19,21-28,30-31H,29H2,1-8H3;4-7,9-11H,1-3H3;/q2*-1;. The molecule has 0 fully saturated rings. The fraction of sp³-hybridized carbons (Fsp3) is 0.242. The molecule has 1 aliphatic carbocycles. The normalized spacial score (nSPS) is 14.1. The van der Waals surface area contributed by atoms with Crippen molar-refractivity contribution in [3.63, 3.8) is 0 Å². The van der Waals surface area contributed by atoms with Gasteiger partial charge >= 0.3 is 99.8 Å². The summed E-state index contributed by atoms with van der Waals surface area (Å²) in [5.74, 6) is 8.53. The van der Waals surface area contributed by atoms with Gasteiger partial charge in [-0.1, -0.05) is 127 Å². The summed E-state index contributed by atoms with van der Waals surface area (Å²) >= 11 is -1.72. The summed E-state index contributed by atoms with van der Waals surface area (Å²) in [6.07, 6.45) is 3.15. The first-order chi connectivity index (χ1) is 34.0. The molecule has 0 bridgehead atoms. The third kappa shape index (κ3) is 8.65. The molecule has 0 unspecified atom stereocenters. The molecule has 3 heterocycles. The van der Waals surface area contributed by atoms with Crippen molar-refractivity contribution in [2.24, 2.45) is 0 Å². The van der Waals surface area contributed by atoms with Crippen LogP contribution in [0.2, 0.25) is 17.3 Å². The van der Waals surface area contributed by atoms with E-state index in [9.17, 15) is 0 Å². The van der Waals surface area contributed by atoms with E-state index in [1.807, 2.05) is 36.5 Å². The maximum Gasteiger partial charge on any atom is 0 e. The summed E-state index contributed by atoms with van der Waals surface area (Å²) in [5, 5.41) is 7.42. The summed E-state index contributed by atoms with van der Waals surface area (Å²) < 4.78 is 10.8. The van der Waals surface area contributed by atoms with Gasteiger partial charge in [0.25, 0.3) is 0 Å². The van der Waals surface area contributed by atoms with Crippen molar-refractivity contribution in [1.29, 1.82) is 0 Å². The molecule has 8 aromatic carbocycles. The predicted octanol–water partition coefficient (Wildman–Crippen LogP) is 17.7. The number of fused-ring (bicyclic) bond motifs is 6. The molecule has 0 saturated heterocycles. The molecular weight excluding hydrogens is 1120 g/mol. The van der Waals surface area contributed by atoms with Gasteiger partial charge in [-0.15, -0.1) is 18.2 Å². The molecule has 0 amide bonds. The van der Waals surface area contributed by atoms with Crippen LogP contribution in [0.15, 0.2) is 162 Å². The number of benzene rings is 8. The average molecular weight is 1180 g/mol. The van der Waals surface area contributed by atoms with Gasteiger partial charge in [0.15, 0.2) is 0 Å². The Labute approximate surface area is 441 Å². The first-order valence-electron chi connectivity index (χ1n) is 25.4. The molecule has 1 aliphatic rings. The summed E-state index contributed by atoms with van der Waals surface area (Å²) in [6.45, 7) is 18.8. The molecule has 6 heteroatoms. The van der Waals surface area contributed by atoms with E-state index in [1.165, 1.54) is 65.0 Å². The number of para-hydroxylation sites is 2. The van der Waals surface area contributed by atoms with Crippen molar-refractivity contribution in [3.8, 4) is 39.5 Å². The van der Waals surface area contributed by atoms with Crippen LogP contribution in [-0.2, 0) is 30.9 Å². The minimum atomic E-state index is -1.72. The number of hydrogen-bond donors (Lipinski definition) is 0. The Bertz CT molecular complexity index is 3790. The van der Waals surface area contributed by atoms with Gasteiger partial charge in [-0.2, -0.15) is 0 Å². The monoisotopic (exact) mass is 1180 g/mol. The quantitative estimate of drug-likeness (QED) is 0.0907. The largest absolute Gasteiger partial charge is 0 e. The smallest absolute Gasteiger partial charge is 0 e. The van der Waals surface area contributed by atoms with Crippen molar-refractivity contribution in [1.82, 2.24) is 14.5 Å². The van der Waals surface area contributed by atoms with Crippen LogP contribution in [0.1, 0.15) is 95.9 Å². The summed E-state index contributed by atoms with van der Waals surface area (Å²) in [5.41, 5.74) is 16.0. The summed E-state index contributed by atoms with van der Waals surface area (Å²) in [7, 11) is 0. The third-order valence-electron chi connectivity index (χ3n) is 15.0. The molecule has 0 aliphatic heterocycles. The second-order valence-electron chi connectivity index (χ2n) is 22.8. The molecule has 11 aromatic rings. The number of aromatic nitrogens is 3. The third-order valence-corrected chi connectivity index (χ3v) is 19.3. The molecule has 0 saturated carbocycles. The number of hydrogen-bond acceptors (Lipinski definition) is 3. The van der Waals surface area contributed by atoms with E-state index in [1.54, 1.807) is 0 Å². The average Bonchev–Trinajstić information content (AvgIpc) is 3.93. The van der Waals surface area contributed by atoms with Crippen LogP contribution in [0.3, 0.4) is 0 Å². The van der Waals surface area contributed by atoms with E-state index in [0.29, 0.717) is 0 Å². The van der Waals surface area contributed by atoms with Crippen molar-refractivity contribution in [2.75, 3.05) is 0 Å². The first-order valence-corrected chi connectivity index (χ1v) is 32.8. The summed E-state index contributed by atoms with van der Waals surface area (Å²) in [4.78, 5) is 9.93. The second-order valence-corrected chi connectivity index (χ2v) is 33.4. The second kappa shape index (κ2) is 18.7. The number of pyridine rings is 1. The van der Waals surface area contributed by atoms with Gasteiger partial charge in [0, 0.05) is 31.2 Å². The molecule has 72 heavy (non-hydrogen) atoms. The zero-order valence-corrected chi connectivity index (χ0v) is 47.9. The van der Waals surface area contributed by atoms with Crippen LogP contribution < -0.4 is 4.40 Å². The Morgan fingerprint density at radius 1 is 0.625 bits per heavy atom. The van der Waals surface area contributed by atoms with E-state index < -0.39 is 13.3 Å². The minimum Gasteiger partial charge on any atom is 0 e. The predicted molar refractivity (Wildman–Crippen MR) is 303 cm³/mol. The zero-order chi connectivity index (χ0) is 49.6. The molecule has 3 aromatic heterocycles. The molecule has 0 atom stereocenters. The first kappa shape index (κ1) is 49.5. The van der Waals surface area contributed by atoms with Crippen LogP contribution >= 0.6 is 0 Å². The molecule has 12 rings (SSSR count). The van der Waals surface area contributed by atoms with Gasteiger partial charge in [0.2, 0.25) is 0 Å². The van der Waals surface area contributed by atoms with E-state index in [0.717, 1.165) is 62.0 Å². The molecule has 0 N–H and O–H groups in total. The fourth-order valence-corrected chi connectivity index (χ4v) is 13.8. The van der Waals surface area contributed by atoms with Gasteiger partial charge in [0.1, 0.15) is 5.58 Å². The van der Waals surface area contributed by atoms with Crippen molar-refractivity contribution in [2.45, 2.75) is 102 Å². The Morgan fingerprint density at radius 3 is 2.01 bits per heavy atom. The molecule has 1 radical (unpaired) electrons. The maximum absolute atomic E-state index is 7.01. The SMILES string of the molecule is CC(C)c1cc(-c2ccccc2)cc(C(C)C)c1-n1c(-c2[c-]ccc3c2oc2cc4c(cc5c6c(cccc64)C(C)(C)CC5(C)C)cc23)nc2ccccc21.[CH3][Ge]([CH3])([CH3])[c]1ccc(-c2[c-]cccc2)nc1.[Ir]. The molecule has 0 spiro atoms. The van der Waals surface area contributed by atoms with Gasteiger partial charge in [0.05, 0.1) is 22.4 Å². The minimum absolute atomic E-state index is 0. The fourth-order valence-electron chi connectivity index (χ4n) is 11.6. The Balaban J connectivity index is 0.000000300. The summed E-state index contributed by atoms with van der Waals surface area (Å²) in [6, 6.07) is 61.4. The van der Waals surface area contributed by atoms with Gasteiger partial charge in [-0.25, -0.2) is 0 Å². The molecular formula is C66H63GeIrN3O-2. The van der Waals surface area contributed by atoms with Crippen molar-refractivity contribution < 1.29 is 24.5 Å². The van der Waals surface area contributed by atoms with Crippen LogP contribution in [-0.4, -0.2) is 27.8 Å². The molecule has 4 nitrogen and oxygen atoms in total. The van der Waals surface area contributed by atoms with Crippen LogP contribution in [0.5, 0.6) is 0 Å². The number of nitrogens with zero attached hydrogens (tertiary/aromatic N) is 3. The van der Waals surface area contributed by atoms with Gasteiger partial charge in [-0.05, 0) is 126 Å². The van der Waals surface area contributed by atoms with Gasteiger partial charge < -0.3 is 8.98 Å². The number of imidazole rings is 1. The van der Waals surface area contributed by atoms with E-state index in [4.69, 9.17) is 9.40 Å². The zero-order valence-electron chi connectivity index (χ0n) is 43.5. The maximum atomic E-state index is 7.01. The van der Waals surface area contributed by atoms with Crippen molar-refractivity contribution in [3.05, 3.63) is 192 Å². The van der Waals surface area contributed by atoms with E-state index in [-0.39, 0.29) is 42.8 Å². The van der Waals surface area contributed by atoms with Crippen molar-refractivity contribution >= 4 is 72.2 Å². The number of rotatable bonds is 7. The van der Waals surface area contributed by atoms with Crippen LogP contribution in [0.25, 0.3) is 94.0 Å². The van der Waals surface area contributed by atoms with E-state index in [2.05, 4.69) is 216 Å². The number of furan rings is 1. The van der Waals surface area contributed by atoms with E-state index >= 15 is 0 Å². The Hall–Kier alpha value is -6.11. The Kier molecular flexibility index (Phi) is 12.9. The molecule has 363 valence electrons.